The molecule has 1 N–H and O–H groups in total. The molecule has 1 saturated heterocycles. The van der Waals surface area contributed by atoms with Crippen molar-refractivity contribution in [3.63, 3.8) is 0 Å². The van der Waals surface area contributed by atoms with Crippen molar-refractivity contribution in [3.05, 3.63) is 42.0 Å². The van der Waals surface area contributed by atoms with Crippen LogP contribution in [-0.2, 0) is 6.61 Å². The van der Waals surface area contributed by atoms with Crippen LogP contribution in [0, 0.1) is 11.3 Å². The number of aromatic nitrogens is 3. The first-order chi connectivity index (χ1) is 11.3. The van der Waals surface area contributed by atoms with Crippen molar-refractivity contribution in [1.82, 2.24) is 20.3 Å². The maximum atomic E-state index is 9.04. The minimum atomic E-state index is 0. The van der Waals surface area contributed by atoms with E-state index in [9.17, 15) is 0 Å². The fourth-order valence-corrected chi connectivity index (χ4v) is 2.48. The molecule has 3 rings (SSSR count). The summed E-state index contributed by atoms with van der Waals surface area (Å²) in [6.45, 7) is 5.19. The van der Waals surface area contributed by atoms with Gasteiger partial charge in [-0.1, -0.05) is 0 Å². The van der Waals surface area contributed by atoms with E-state index in [2.05, 4.69) is 38.2 Å². The molecule has 0 aliphatic carbocycles. The molecule has 1 aliphatic heterocycles. The second-order valence-corrected chi connectivity index (χ2v) is 5.40. The van der Waals surface area contributed by atoms with E-state index >= 15 is 0 Å². The van der Waals surface area contributed by atoms with Gasteiger partial charge < -0.3 is 15.0 Å². The Bertz CT molecular complexity index is 702. The Morgan fingerprint density at radius 3 is 2.88 bits per heavy atom. The van der Waals surface area contributed by atoms with E-state index in [0.717, 1.165) is 25.2 Å². The van der Waals surface area contributed by atoms with E-state index in [1.165, 1.54) is 6.20 Å². The van der Waals surface area contributed by atoms with Gasteiger partial charge in [-0.25, -0.2) is 9.97 Å². The molecule has 2 aromatic rings. The number of hydrogen-bond acceptors (Lipinski definition) is 7. The van der Waals surface area contributed by atoms with Gasteiger partial charge in [-0.3, -0.25) is 4.98 Å². The highest BCUT2D eigenvalue weighted by Gasteiger charge is 2.20. The summed E-state index contributed by atoms with van der Waals surface area (Å²) in [5.41, 5.74) is 1.31. The summed E-state index contributed by atoms with van der Waals surface area (Å²) in [5.74, 6) is 1.30. The van der Waals surface area contributed by atoms with Gasteiger partial charge in [0.1, 0.15) is 12.7 Å². The number of piperazine rings is 1. The van der Waals surface area contributed by atoms with Crippen molar-refractivity contribution in [3.8, 4) is 11.8 Å². The molecule has 0 amide bonds. The van der Waals surface area contributed by atoms with Gasteiger partial charge in [0.15, 0.2) is 5.75 Å². The lowest BCUT2D eigenvalue weighted by Crippen LogP contribution is -2.50. The third kappa shape index (κ3) is 4.10. The summed E-state index contributed by atoms with van der Waals surface area (Å²) in [4.78, 5) is 14.9. The molecule has 1 unspecified atom stereocenters. The lowest BCUT2D eigenvalue weighted by atomic mass is 10.2. The van der Waals surface area contributed by atoms with Crippen LogP contribution in [0.25, 0.3) is 0 Å². The predicted octanol–water partition coefficient (Wildman–Crippen LogP) is 1.54. The predicted molar refractivity (Wildman–Crippen MR) is 92.2 cm³/mol. The van der Waals surface area contributed by atoms with Gasteiger partial charge in [-0.05, 0) is 13.0 Å². The van der Waals surface area contributed by atoms with Crippen molar-refractivity contribution in [2.24, 2.45) is 0 Å². The lowest BCUT2D eigenvalue weighted by Gasteiger charge is -2.33. The van der Waals surface area contributed by atoms with Crippen molar-refractivity contribution in [2.45, 2.75) is 19.6 Å². The molecule has 3 heterocycles. The topological polar surface area (TPSA) is 87.0 Å². The number of nitrogens with one attached hydrogen (secondary N) is 1. The third-order valence-corrected chi connectivity index (χ3v) is 3.80. The molecular weight excluding hydrogens is 328 g/mol. The molecule has 8 heteroatoms. The fourth-order valence-electron chi connectivity index (χ4n) is 2.48. The van der Waals surface area contributed by atoms with Gasteiger partial charge in [-0.2, -0.15) is 5.26 Å². The number of halogens is 1. The minimum Gasteiger partial charge on any atom is -0.486 e. The van der Waals surface area contributed by atoms with Crippen molar-refractivity contribution in [2.75, 3.05) is 24.5 Å². The summed E-state index contributed by atoms with van der Waals surface area (Å²) < 4.78 is 5.67. The molecule has 24 heavy (non-hydrogen) atoms. The number of anilines is 1. The molecule has 1 fully saturated rings. The fraction of sp³-hybridized carbons (Fsp3) is 0.375. The number of nitriles is 1. The van der Waals surface area contributed by atoms with Crippen molar-refractivity contribution >= 4 is 18.4 Å². The van der Waals surface area contributed by atoms with Gasteiger partial charge in [0.05, 0.1) is 18.0 Å². The quantitative estimate of drug-likeness (QED) is 0.898. The lowest BCUT2D eigenvalue weighted by molar-refractivity contribution is 0.303. The first-order valence-electron chi connectivity index (χ1n) is 7.53. The average molecular weight is 347 g/mol. The zero-order chi connectivity index (χ0) is 16.1. The van der Waals surface area contributed by atoms with E-state index in [0.29, 0.717) is 23.3 Å². The van der Waals surface area contributed by atoms with E-state index in [1.54, 1.807) is 24.7 Å². The highest BCUT2D eigenvalue weighted by atomic mass is 35.5. The van der Waals surface area contributed by atoms with Crippen LogP contribution in [0.5, 0.6) is 5.75 Å². The van der Waals surface area contributed by atoms with Crippen LogP contribution in [0.4, 0.5) is 5.95 Å². The van der Waals surface area contributed by atoms with Crippen LogP contribution in [0.15, 0.2) is 30.9 Å². The second-order valence-electron chi connectivity index (χ2n) is 5.40. The molecule has 0 bridgehead atoms. The number of rotatable bonds is 4. The van der Waals surface area contributed by atoms with Gasteiger partial charge in [0.25, 0.3) is 0 Å². The van der Waals surface area contributed by atoms with Crippen LogP contribution in [0.3, 0.4) is 0 Å². The second kappa shape index (κ2) is 8.43. The van der Waals surface area contributed by atoms with E-state index < -0.39 is 0 Å². The van der Waals surface area contributed by atoms with E-state index in [1.807, 2.05) is 0 Å². The largest absolute Gasteiger partial charge is 0.486 e. The Kier molecular flexibility index (Phi) is 6.29. The molecule has 0 radical (unpaired) electrons. The molecule has 2 aromatic heterocycles. The van der Waals surface area contributed by atoms with Crippen LogP contribution >= 0.6 is 12.4 Å². The van der Waals surface area contributed by atoms with Crippen LogP contribution in [-0.4, -0.2) is 40.6 Å². The molecule has 1 aliphatic rings. The van der Waals surface area contributed by atoms with Gasteiger partial charge in [0.2, 0.25) is 5.95 Å². The van der Waals surface area contributed by atoms with Crippen LogP contribution in [0.1, 0.15) is 18.1 Å². The molecule has 1 atom stereocenters. The molecule has 0 aromatic carbocycles. The van der Waals surface area contributed by atoms with Crippen LogP contribution in [0.2, 0.25) is 0 Å². The minimum absolute atomic E-state index is 0. The van der Waals surface area contributed by atoms with Crippen molar-refractivity contribution in [1.29, 1.82) is 5.26 Å². The zero-order valence-electron chi connectivity index (χ0n) is 13.3. The molecule has 0 saturated carbocycles. The summed E-state index contributed by atoms with van der Waals surface area (Å²) in [6, 6.07) is 4.24. The zero-order valence-corrected chi connectivity index (χ0v) is 14.2. The average Bonchev–Trinajstić information content (AvgIpc) is 2.61. The number of hydrogen-bond donors (Lipinski definition) is 1. The number of pyridine rings is 1. The third-order valence-electron chi connectivity index (χ3n) is 3.80. The monoisotopic (exact) mass is 346 g/mol. The first kappa shape index (κ1) is 17.9. The summed E-state index contributed by atoms with van der Waals surface area (Å²) >= 11 is 0. The first-order valence-corrected chi connectivity index (χ1v) is 7.53. The Hall–Kier alpha value is -2.43. The Morgan fingerprint density at radius 1 is 1.38 bits per heavy atom. The standard InChI is InChI=1S/C16H18N6O.ClH/c1-12-7-19-4-5-22(12)16-20-9-15(10-21-16)23-11-13-2-3-18-8-14(13)6-17;/h2-3,8-10,12,19H,4-5,7,11H2,1H3;1H. The smallest absolute Gasteiger partial charge is 0.225 e. The Balaban J connectivity index is 0.00000208. The molecule has 0 spiro atoms. The highest BCUT2D eigenvalue weighted by Crippen LogP contribution is 2.17. The normalized spacial score (nSPS) is 16.8. The molecular formula is C16H19ClN6O. The maximum absolute atomic E-state index is 9.04. The summed E-state index contributed by atoms with van der Waals surface area (Å²) in [5, 5.41) is 12.4. The van der Waals surface area contributed by atoms with E-state index in [-0.39, 0.29) is 19.0 Å². The van der Waals surface area contributed by atoms with Gasteiger partial charge in [0, 0.05) is 43.6 Å². The summed E-state index contributed by atoms with van der Waals surface area (Å²) in [6.07, 6.45) is 6.52. The number of ether oxygens (including phenoxy) is 1. The van der Waals surface area contributed by atoms with Crippen LogP contribution < -0.4 is 15.0 Å². The Labute approximate surface area is 147 Å². The maximum Gasteiger partial charge on any atom is 0.225 e. The number of nitrogens with zero attached hydrogens (tertiary/aromatic N) is 5. The van der Waals surface area contributed by atoms with E-state index in [4.69, 9.17) is 10.00 Å². The van der Waals surface area contributed by atoms with Crippen molar-refractivity contribution < 1.29 is 4.74 Å². The van der Waals surface area contributed by atoms with Gasteiger partial charge in [-0.15, -0.1) is 12.4 Å². The molecule has 126 valence electrons. The molecule has 7 nitrogen and oxygen atoms in total. The SMILES string of the molecule is CC1CNCCN1c1ncc(OCc2ccncc2C#N)cn1.Cl. The summed E-state index contributed by atoms with van der Waals surface area (Å²) in [7, 11) is 0. The highest BCUT2D eigenvalue weighted by molar-refractivity contribution is 5.85. The Morgan fingerprint density at radius 2 is 2.17 bits per heavy atom. The van der Waals surface area contributed by atoms with Gasteiger partial charge >= 0.3 is 0 Å².